The van der Waals surface area contributed by atoms with E-state index in [1.807, 2.05) is 0 Å². The quantitative estimate of drug-likeness (QED) is 0.201. The summed E-state index contributed by atoms with van der Waals surface area (Å²) in [7, 11) is 0. The number of unbranched alkanes of at least 4 members (excludes halogenated alkanes) is 15. The van der Waals surface area contributed by atoms with Crippen LogP contribution in [0.5, 0.6) is 0 Å². The predicted molar refractivity (Wildman–Crippen MR) is 98.5 cm³/mol. The first-order valence-corrected chi connectivity index (χ1v) is 10.4. The Morgan fingerprint density at radius 2 is 0.909 bits per heavy atom. The molecule has 1 atom stereocenters. The summed E-state index contributed by atoms with van der Waals surface area (Å²) in [5.41, 5.74) is 0.288. The molecule has 0 radical (unpaired) electrons. The van der Waals surface area contributed by atoms with E-state index < -0.39 is 0 Å². The summed E-state index contributed by atoms with van der Waals surface area (Å²) >= 11 is 0. The standard InChI is InChI=1S/C21H42O/c1-3-4-5-6-7-8-9-10-11-12-13-14-15-16-17-18-19-21(2)20-22-21/h3-20H2,1-2H3. The van der Waals surface area contributed by atoms with Gasteiger partial charge in [-0.1, -0.05) is 110 Å². The lowest BCUT2D eigenvalue weighted by atomic mass is 10.0. The van der Waals surface area contributed by atoms with E-state index in [0.29, 0.717) is 0 Å². The van der Waals surface area contributed by atoms with E-state index in [4.69, 9.17) is 4.74 Å². The van der Waals surface area contributed by atoms with E-state index in [1.54, 1.807) is 0 Å². The van der Waals surface area contributed by atoms with Crippen molar-refractivity contribution in [3.05, 3.63) is 0 Å². The molecule has 1 saturated heterocycles. The van der Waals surface area contributed by atoms with Gasteiger partial charge in [0.25, 0.3) is 0 Å². The largest absolute Gasteiger partial charge is 0.370 e. The average Bonchev–Trinajstić information content (AvgIpc) is 3.25. The summed E-state index contributed by atoms with van der Waals surface area (Å²) in [5, 5.41) is 0. The fourth-order valence-electron chi connectivity index (χ4n) is 3.31. The highest BCUT2D eigenvalue weighted by Gasteiger charge is 2.37. The van der Waals surface area contributed by atoms with E-state index in [0.717, 1.165) is 6.61 Å². The van der Waals surface area contributed by atoms with Crippen LogP contribution in [-0.2, 0) is 4.74 Å². The van der Waals surface area contributed by atoms with E-state index in [1.165, 1.54) is 109 Å². The van der Waals surface area contributed by atoms with Crippen molar-refractivity contribution in [1.29, 1.82) is 0 Å². The molecule has 132 valence electrons. The Kier molecular flexibility index (Phi) is 12.2. The van der Waals surface area contributed by atoms with Crippen LogP contribution in [0.1, 0.15) is 123 Å². The number of rotatable bonds is 17. The molecule has 22 heavy (non-hydrogen) atoms. The molecule has 0 spiro atoms. The molecular weight excluding hydrogens is 268 g/mol. The van der Waals surface area contributed by atoms with Gasteiger partial charge in [-0.2, -0.15) is 0 Å². The fourth-order valence-corrected chi connectivity index (χ4v) is 3.31. The minimum absolute atomic E-state index is 0.288. The monoisotopic (exact) mass is 310 g/mol. The van der Waals surface area contributed by atoms with Crippen molar-refractivity contribution in [2.75, 3.05) is 6.61 Å². The smallest absolute Gasteiger partial charge is 0.0888 e. The topological polar surface area (TPSA) is 12.5 Å². The van der Waals surface area contributed by atoms with Crippen LogP contribution in [0.25, 0.3) is 0 Å². The minimum Gasteiger partial charge on any atom is -0.370 e. The molecule has 0 aromatic carbocycles. The maximum absolute atomic E-state index is 5.42. The molecule has 1 rings (SSSR count). The molecule has 0 bridgehead atoms. The Hall–Kier alpha value is -0.0400. The number of epoxide rings is 1. The summed E-state index contributed by atoms with van der Waals surface area (Å²) in [6.07, 6.45) is 24.5. The summed E-state index contributed by atoms with van der Waals surface area (Å²) < 4.78 is 5.42. The SMILES string of the molecule is CCCCCCCCCCCCCCCCCCC1(C)CO1. The molecule has 0 aliphatic carbocycles. The number of hydrogen-bond acceptors (Lipinski definition) is 1. The van der Waals surface area contributed by atoms with Gasteiger partial charge in [-0.15, -0.1) is 0 Å². The first-order valence-electron chi connectivity index (χ1n) is 10.4. The summed E-state index contributed by atoms with van der Waals surface area (Å²) in [6, 6.07) is 0. The predicted octanol–water partition coefficient (Wildman–Crippen LogP) is 7.43. The zero-order chi connectivity index (χ0) is 15.9. The zero-order valence-corrected chi connectivity index (χ0v) is 15.6. The van der Waals surface area contributed by atoms with Gasteiger partial charge < -0.3 is 4.74 Å². The van der Waals surface area contributed by atoms with Gasteiger partial charge in [0.1, 0.15) is 0 Å². The highest BCUT2D eigenvalue weighted by Crippen LogP contribution is 2.31. The third kappa shape index (κ3) is 12.5. The van der Waals surface area contributed by atoms with Crippen molar-refractivity contribution in [3.63, 3.8) is 0 Å². The van der Waals surface area contributed by atoms with Gasteiger partial charge in [-0.05, 0) is 13.3 Å². The summed E-state index contributed by atoms with van der Waals surface area (Å²) in [5.74, 6) is 0. The molecule has 0 saturated carbocycles. The van der Waals surface area contributed by atoms with Crippen molar-refractivity contribution >= 4 is 0 Å². The molecular formula is C21H42O. The lowest BCUT2D eigenvalue weighted by Crippen LogP contribution is -2.02. The van der Waals surface area contributed by atoms with Crippen LogP contribution in [0.2, 0.25) is 0 Å². The van der Waals surface area contributed by atoms with Gasteiger partial charge >= 0.3 is 0 Å². The van der Waals surface area contributed by atoms with Crippen molar-refractivity contribution in [2.45, 2.75) is 129 Å². The van der Waals surface area contributed by atoms with E-state index in [9.17, 15) is 0 Å². The maximum Gasteiger partial charge on any atom is 0.0888 e. The van der Waals surface area contributed by atoms with Crippen molar-refractivity contribution < 1.29 is 4.74 Å². The lowest BCUT2D eigenvalue weighted by Gasteiger charge is -2.05. The zero-order valence-electron chi connectivity index (χ0n) is 15.6. The minimum atomic E-state index is 0.288. The Balaban J connectivity index is 1.63. The van der Waals surface area contributed by atoms with Crippen LogP contribution in [0.4, 0.5) is 0 Å². The van der Waals surface area contributed by atoms with Gasteiger partial charge in [0.05, 0.1) is 12.2 Å². The molecule has 1 heterocycles. The first-order chi connectivity index (χ1) is 10.8. The molecule has 0 N–H and O–H groups in total. The van der Waals surface area contributed by atoms with Crippen LogP contribution < -0.4 is 0 Å². The van der Waals surface area contributed by atoms with E-state index in [2.05, 4.69) is 13.8 Å². The van der Waals surface area contributed by atoms with Gasteiger partial charge in [-0.3, -0.25) is 0 Å². The van der Waals surface area contributed by atoms with E-state index >= 15 is 0 Å². The second kappa shape index (κ2) is 13.4. The molecule has 1 aliphatic heterocycles. The second-order valence-electron chi connectivity index (χ2n) is 7.79. The highest BCUT2D eigenvalue weighted by atomic mass is 16.6. The second-order valence-corrected chi connectivity index (χ2v) is 7.79. The Bertz CT molecular complexity index is 232. The Labute approximate surface area is 140 Å². The number of hydrogen-bond donors (Lipinski definition) is 0. The Morgan fingerprint density at radius 1 is 0.591 bits per heavy atom. The van der Waals surface area contributed by atoms with E-state index in [-0.39, 0.29) is 5.60 Å². The highest BCUT2D eigenvalue weighted by molar-refractivity contribution is 4.86. The van der Waals surface area contributed by atoms with Crippen molar-refractivity contribution in [1.82, 2.24) is 0 Å². The molecule has 1 fully saturated rings. The van der Waals surface area contributed by atoms with Crippen LogP contribution in [0, 0.1) is 0 Å². The normalized spacial score (nSPS) is 20.5. The van der Waals surface area contributed by atoms with Crippen LogP contribution in [0.15, 0.2) is 0 Å². The van der Waals surface area contributed by atoms with Crippen molar-refractivity contribution in [3.8, 4) is 0 Å². The molecule has 1 unspecified atom stereocenters. The summed E-state index contributed by atoms with van der Waals surface area (Å²) in [4.78, 5) is 0. The van der Waals surface area contributed by atoms with Crippen LogP contribution in [0.3, 0.4) is 0 Å². The van der Waals surface area contributed by atoms with Crippen LogP contribution in [-0.4, -0.2) is 12.2 Å². The van der Waals surface area contributed by atoms with Gasteiger partial charge in [0, 0.05) is 0 Å². The first kappa shape index (κ1) is 20.0. The molecule has 0 aromatic rings. The van der Waals surface area contributed by atoms with Gasteiger partial charge in [-0.25, -0.2) is 0 Å². The molecule has 1 aliphatic rings. The molecule has 0 aromatic heterocycles. The molecule has 1 nitrogen and oxygen atoms in total. The third-order valence-electron chi connectivity index (χ3n) is 5.20. The van der Waals surface area contributed by atoms with Crippen molar-refractivity contribution in [2.24, 2.45) is 0 Å². The average molecular weight is 311 g/mol. The molecule has 0 amide bonds. The Morgan fingerprint density at radius 3 is 1.23 bits per heavy atom. The lowest BCUT2D eigenvalue weighted by molar-refractivity contribution is 0.301. The molecule has 1 heteroatoms. The van der Waals surface area contributed by atoms with Gasteiger partial charge in [0.15, 0.2) is 0 Å². The van der Waals surface area contributed by atoms with Gasteiger partial charge in [0.2, 0.25) is 0 Å². The number of ether oxygens (including phenoxy) is 1. The summed E-state index contributed by atoms with van der Waals surface area (Å²) in [6.45, 7) is 5.55. The van der Waals surface area contributed by atoms with Crippen LogP contribution >= 0.6 is 0 Å². The third-order valence-corrected chi connectivity index (χ3v) is 5.20. The maximum atomic E-state index is 5.42. The fraction of sp³-hybridized carbons (Fsp3) is 1.00.